The molecule has 1 unspecified atom stereocenters. The van der Waals surface area contributed by atoms with E-state index in [0.717, 1.165) is 0 Å². The van der Waals surface area contributed by atoms with Crippen molar-refractivity contribution in [2.45, 2.75) is 13.0 Å². The van der Waals surface area contributed by atoms with Gasteiger partial charge < -0.3 is 0 Å². The Bertz CT molecular complexity index is 350. The first-order valence-electron chi connectivity index (χ1n) is 4.63. The minimum absolute atomic E-state index is 0.483. The lowest BCUT2D eigenvalue weighted by Gasteiger charge is -2.22. The molecule has 0 N–H and O–H groups in total. The maximum atomic E-state index is 2.28. The molecule has 1 aromatic carbocycles. The van der Waals surface area contributed by atoms with Gasteiger partial charge in [-0.1, -0.05) is 35.9 Å². The monoisotopic (exact) mass is 173 g/mol. The van der Waals surface area contributed by atoms with Gasteiger partial charge in [0.1, 0.15) is 0 Å². The van der Waals surface area contributed by atoms with Gasteiger partial charge in [0.2, 0.25) is 0 Å². The van der Waals surface area contributed by atoms with Gasteiger partial charge in [0.25, 0.3) is 0 Å². The maximum Gasteiger partial charge on any atom is 0.0562 e. The second kappa shape index (κ2) is 3.00. The van der Waals surface area contributed by atoms with Crippen LogP contribution >= 0.6 is 0 Å². The molecule has 0 amide bonds. The average Bonchev–Trinajstić information content (AvgIpc) is 2.39. The number of nitrogens with zero attached hydrogens (tertiary/aromatic N) is 1. The zero-order valence-electron chi connectivity index (χ0n) is 8.41. The SMILES string of the molecule is CC1=Cc2ccccc2C1N(C)C. The first-order valence-corrected chi connectivity index (χ1v) is 4.63. The van der Waals surface area contributed by atoms with Gasteiger partial charge in [-0.2, -0.15) is 0 Å². The highest BCUT2D eigenvalue weighted by Crippen LogP contribution is 2.36. The highest BCUT2D eigenvalue weighted by atomic mass is 15.1. The molecule has 1 atom stereocenters. The van der Waals surface area contributed by atoms with E-state index >= 15 is 0 Å². The zero-order chi connectivity index (χ0) is 9.42. The van der Waals surface area contributed by atoms with Crippen LogP contribution in [0.25, 0.3) is 6.08 Å². The van der Waals surface area contributed by atoms with Crippen molar-refractivity contribution < 1.29 is 0 Å². The molecule has 2 rings (SSSR count). The average molecular weight is 173 g/mol. The van der Waals surface area contributed by atoms with Crippen molar-refractivity contribution in [2.24, 2.45) is 0 Å². The number of rotatable bonds is 1. The van der Waals surface area contributed by atoms with Crippen LogP contribution in [0.1, 0.15) is 24.1 Å². The molecule has 0 fully saturated rings. The molecule has 1 heteroatoms. The Morgan fingerprint density at radius 1 is 1.15 bits per heavy atom. The van der Waals surface area contributed by atoms with Gasteiger partial charge in [0, 0.05) is 0 Å². The van der Waals surface area contributed by atoms with E-state index in [0.29, 0.717) is 6.04 Å². The molecule has 0 saturated heterocycles. The lowest BCUT2D eigenvalue weighted by Crippen LogP contribution is -2.18. The van der Waals surface area contributed by atoms with Gasteiger partial charge in [-0.05, 0) is 32.1 Å². The maximum absolute atomic E-state index is 2.28. The van der Waals surface area contributed by atoms with Crippen LogP contribution in [0.2, 0.25) is 0 Å². The van der Waals surface area contributed by atoms with Crippen LogP contribution in [0, 0.1) is 0 Å². The normalized spacial score (nSPS) is 20.3. The fourth-order valence-electron chi connectivity index (χ4n) is 2.15. The molecular weight excluding hydrogens is 158 g/mol. The van der Waals surface area contributed by atoms with Crippen LogP contribution < -0.4 is 0 Å². The molecule has 0 saturated carbocycles. The lowest BCUT2D eigenvalue weighted by molar-refractivity contribution is 0.342. The topological polar surface area (TPSA) is 3.24 Å². The van der Waals surface area contributed by atoms with E-state index < -0.39 is 0 Å². The van der Waals surface area contributed by atoms with Crippen LogP contribution in [0.3, 0.4) is 0 Å². The van der Waals surface area contributed by atoms with E-state index in [9.17, 15) is 0 Å². The molecule has 13 heavy (non-hydrogen) atoms. The van der Waals surface area contributed by atoms with Crippen molar-refractivity contribution >= 4 is 6.08 Å². The Labute approximate surface area is 79.7 Å². The van der Waals surface area contributed by atoms with Gasteiger partial charge in [0.05, 0.1) is 6.04 Å². The Morgan fingerprint density at radius 2 is 1.85 bits per heavy atom. The molecular formula is C12H15N. The Hall–Kier alpha value is -1.08. The van der Waals surface area contributed by atoms with E-state index in [1.807, 2.05) is 0 Å². The number of benzene rings is 1. The summed E-state index contributed by atoms with van der Waals surface area (Å²) in [6.07, 6.45) is 2.28. The van der Waals surface area contributed by atoms with Gasteiger partial charge >= 0.3 is 0 Å². The second-order valence-electron chi connectivity index (χ2n) is 3.88. The Balaban J connectivity index is 2.49. The van der Waals surface area contributed by atoms with Crippen molar-refractivity contribution in [3.05, 3.63) is 41.0 Å². The van der Waals surface area contributed by atoms with Crippen LogP contribution in [-0.2, 0) is 0 Å². The standard InChI is InChI=1S/C12H15N/c1-9-8-10-6-4-5-7-11(10)12(9)13(2)3/h4-8,12H,1-3H3. The summed E-state index contributed by atoms with van der Waals surface area (Å²) < 4.78 is 0. The molecule has 1 aliphatic rings. The minimum atomic E-state index is 0.483. The van der Waals surface area contributed by atoms with Crippen LogP contribution in [0.5, 0.6) is 0 Å². The zero-order valence-corrected chi connectivity index (χ0v) is 8.41. The molecule has 0 aliphatic heterocycles. The summed E-state index contributed by atoms with van der Waals surface area (Å²) in [4.78, 5) is 2.26. The highest BCUT2D eigenvalue weighted by Gasteiger charge is 2.23. The molecule has 68 valence electrons. The molecule has 0 aromatic heterocycles. The molecule has 1 aromatic rings. The summed E-state index contributed by atoms with van der Waals surface area (Å²) in [5.74, 6) is 0. The third-order valence-corrected chi connectivity index (χ3v) is 2.62. The molecule has 1 nitrogen and oxygen atoms in total. The fourth-order valence-corrected chi connectivity index (χ4v) is 2.15. The molecule has 1 aliphatic carbocycles. The second-order valence-corrected chi connectivity index (χ2v) is 3.88. The minimum Gasteiger partial charge on any atom is -0.299 e. The molecule has 0 spiro atoms. The predicted octanol–water partition coefficient (Wildman–Crippen LogP) is 2.71. The van der Waals surface area contributed by atoms with E-state index in [1.54, 1.807) is 0 Å². The molecule has 0 heterocycles. The van der Waals surface area contributed by atoms with Gasteiger partial charge in [0.15, 0.2) is 0 Å². The van der Waals surface area contributed by atoms with Gasteiger partial charge in [-0.15, -0.1) is 0 Å². The van der Waals surface area contributed by atoms with Gasteiger partial charge in [-0.3, -0.25) is 4.90 Å². The van der Waals surface area contributed by atoms with E-state index in [2.05, 4.69) is 56.3 Å². The van der Waals surface area contributed by atoms with E-state index in [4.69, 9.17) is 0 Å². The summed E-state index contributed by atoms with van der Waals surface area (Å²) in [7, 11) is 4.26. The Morgan fingerprint density at radius 3 is 2.54 bits per heavy atom. The molecule has 0 radical (unpaired) electrons. The first kappa shape index (κ1) is 8.52. The summed E-state index contributed by atoms with van der Waals surface area (Å²) in [6, 6.07) is 9.09. The summed E-state index contributed by atoms with van der Waals surface area (Å²) in [5, 5.41) is 0. The summed E-state index contributed by atoms with van der Waals surface area (Å²) in [5.41, 5.74) is 4.25. The van der Waals surface area contributed by atoms with Crippen LogP contribution in [-0.4, -0.2) is 19.0 Å². The highest BCUT2D eigenvalue weighted by molar-refractivity contribution is 5.65. The molecule has 0 bridgehead atoms. The van der Waals surface area contributed by atoms with Crippen molar-refractivity contribution in [3.8, 4) is 0 Å². The third kappa shape index (κ3) is 1.29. The van der Waals surface area contributed by atoms with E-state index in [1.165, 1.54) is 16.7 Å². The largest absolute Gasteiger partial charge is 0.299 e. The predicted molar refractivity (Wildman–Crippen MR) is 56.5 cm³/mol. The fraction of sp³-hybridized carbons (Fsp3) is 0.333. The quantitative estimate of drug-likeness (QED) is 0.631. The number of hydrogen-bond acceptors (Lipinski definition) is 1. The smallest absolute Gasteiger partial charge is 0.0562 e. The summed E-state index contributed by atoms with van der Waals surface area (Å²) >= 11 is 0. The van der Waals surface area contributed by atoms with Crippen molar-refractivity contribution in [1.82, 2.24) is 4.90 Å². The third-order valence-electron chi connectivity index (χ3n) is 2.62. The van der Waals surface area contributed by atoms with Crippen LogP contribution in [0.15, 0.2) is 29.8 Å². The summed E-state index contributed by atoms with van der Waals surface area (Å²) in [6.45, 7) is 2.20. The Kier molecular flexibility index (Phi) is 1.97. The van der Waals surface area contributed by atoms with Crippen LogP contribution in [0.4, 0.5) is 0 Å². The number of hydrogen-bond donors (Lipinski definition) is 0. The van der Waals surface area contributed by atoms with Crippen molar-refractivity contribution in [1.29, 1.82) is 0 Å². The number of likely N-dealkylation sites (N-methyl/N-ethyl adjacent to an activating group) is 1. The van der Waals surface area contributed by atoms with Crippen molar-refractivity contribution in [2.75, 3.05) is 14.1 Å². The van der Waals surface area contributed by atoms with E-state index in [-0.39, 0.29) is 0 Å². The number of fused-ring (bicyclic) bond motifs is 1. The van der Waals surface area contributed by atoms with Crippen molar-refractivity contribution in [3.63, 3.8) is 0 Å². The first-order chi connectivity index (χ1) is 6.20. The van der Waals surface area contributed by atoms with Gasteiger partial charge in [-0.25, -0.2) is 0 Å². The lowest BCUT2D eigenvalue weighted by atomic mass is 10.0.